The highest BCUT2D eigenvalue weighted by molar-refractivity contribution is 9.10. The maximum Gasteiger partial charge on any atom is 0.250 e. The van der Waals surface area contributed by atoms with Gasteiger partial charge in [0.05, 0.1) is 5.69 Å². The van der Waals surface area contributed by atoms with Crippen molar-refractivity contribution in [3.63, 3.8) is 0 Å². The van der Waals surface area contributed by atoms with Gasteiger partial charge in [-0.1, -0.05) is 0 Å². The van der Waals surface area contributed by atoms with Gasteiger partial charge in [-0.25, -0.2) is 4.39 Å². The number of carbonyl (C=O) groups is 2. The van der Waals surface area contributed by atoms with Crippen LogP contribution in [0, 0.1) is 5.82 Å². The molecule has 1 fully saturated rings. The van der Waals surface area contributed by atoms with E-state index in [1.807, 2.05) is 0 Å². The lowest BCUT2D eigenvalue weighted by molar-refractivity contribution is -0.133. The molecule has 0 saturated carbocycles. The van der Waals surface area contributed by atoms with Crippen LogP contribution in [-0.4, -0.2) is 23.9 Å². The van der Waals surface area contributed by atoms with Crippen LogP contribution in [0.3, 0.4) is 0 Å². The van der Waals surface area contributed by atoms with Gasteiger partial charge in [-0.05, 0) is 48.0 Å². The summed E-state index contributed by atoms with van der Waals surface area (Å²) >= 11 is 3.27. The summed E-state index contributed by atoms with van der Waals surface area (Å²) in [4.78, 5) is 25.1. The fraction of sp³-hybridized carbons (Fsp3) is 0.333. The molecule has 1 saturated heterocycles. The van der Waals surface area contributed by atoms with Gasteiger partial charge in [-0.3, -0.25) is 14.5 Å². The molecule has 0 radical (unpaired) electrons. The topological polar surface area (TPSA) is 49.4 Å². The molecule has 2 atom stereocenters. The number of hydrogen-bond acceptors (Lipinski definition) is 2. The van der Waals surface area contributed by atoms with Gasteiger partial charge in [0.15, 0.2) is 0 Å². The summed E-state index contributed by atoms with van der Waals surface area (Å²) in [5.74, 6) is -0.960. The Morgan fingerprint density at radius 3 is 2.67 bits per heavy atom. The van der Waals surface area contributed by atoms with Crippen molar-refractivity contribution in [1.29, 1.82) is 0 Å². The first kappa shape index (κ1) is 13.0. The molecule has 1 aliphatic rings. The lowest BCUT2D eigenvalue weighted by atomic mass is 10.1. The van der Waals surface area contributed by atoms with Crippen molar-refractivity contribution in [1.82, 2.24) is 5.32 Å². The molecular formula is C12H12BrFN2O2. The van der Waals surface area contributed by atoms with Crippen LogP contribution in [0.1, 0.15) is 13.8 Å². The standard InChI is InChI=1S/C12H12BrFN2O2/c1-6-12(18)16(7(2)11(17)15-6)10-5-8(14)3-4-9(10)13/h3-7H,1-2H3,(H,15,17). The van der Waals surface area contributed by atoms with Crippen molar-refractivity contribution in [2.75, 3.05) is 4.90 Å². The SMILES string of the molecule is CC1NC(=O)C(C)N(c2cc(F)ccc2Br)C1=O. The van der Waals surface area contributed by atoms with E-state index in [2.05, 4.69) is 21.2 Å². The summed E-state index contributed by atoms with van der Waals surface area (Å²) in [5.41, 5.74) is 0.370. The summed E-state index contributed by atoms with van der Waals surface area (Å²) in [5, 5.41) is 2.57. The zero-order valence-corrected chi connectivity index (χ0v) is 11.5. The lowest BCUT2D eigenvalue weighted by Crippen LogP contribution is -2.61. The fourth-order valence-electron chi connectivity index (χ4n) is 1.91. The Hall–Kier alpha value is -1.43. The number of piperazine rings is 1. The number of rotatable bonds is 1. The Labute approximate surface area is 112 Å². The number of halogens is 2. The zero-order chi connectivity index (χ0) is 13.4. The molecule has 18 heavy (non-hydrogen) atoms. The summed E-state index contributed by atoms with van der Waals surface area (Å²) in [6.07, 6.45) is 0. The molecule has 6 heteroatoms. The quantitative estimate of drug-likeness (QED) is 0.859. The number of carbonyl (C=O) groups excluding carboxylic acids is 2. The maximum absolute atomic E-state index is 13.3. The van der Waals surface area contributed by atoms with E-state index in [0.29, 0.717) is 10.2 Å². The fourth-order valence-corrected chi connectivity index (χ4v) is 2.35. The molecule has 2 rings (SSSR count). The van der Waals surface area contributed by atoms with E-state index in [-0.39, 0.29) is 11.8 Å². The Kier molecular flexibility index (Phi) is 3.38. The van der Waals surface area contributed by atoms with Crippen molar-refractivity contribution in [3.8, 4) is 0 Å². The second-order valence-corrected chi connectivity index (χ2v) is 5.06. The maximum atomic E-state index is 13.3. The van der Waals surface area contributed by atoms with Crippen LogP contribution in [0.2, 0.25) is 0 Å². The van der Waals surface area contributed by atoms with Gasteiger partial charge < -0.3 is 5.32 Å². The van der Waals surface area contributed by atoms with Crippen LogP contribution in [0.15, 0.2) is 22.7 Å². The molecule has 4 nitrogen and oxygen atoms in total. The number of anilines is 1. The van der Waals surface area contributed by atoms with E-state index >= 15 is 0 Å². The van der Waals surface area contributed by atoms with E-state index in [1.165, 1.54) is 23.1 Å². The van der Waals surface area contributed by atoms with Crippen LogP contribution in [-0.2, 0) is 9.59 Å². The highest BCUT2D eigenvalue weighted by Crippen LogP contribution is 2.30. The predicted octanol–water partition coefficient (Wildman–Crippen LogP) is 1.83. The Morgan fingerprint density at radius 2 is 2.00 bits per heavy atom. The minimum atomic E-state index is -0.660. The van der Waals surface area contributed by atoms with Crippen molar-refractivity contribution in [2.45, 2.75) is 25.9 Å². The van der Waals surface area contributed by atoms with Crippen LogP contribution in [0.25, 0.3) is 0 Å². The first-order chi connectivity index (χ1) is 8.41. The summed E-state index contributed by atoms with van der Waals surface area (Å²) in [6.45, 7) is 3.21. The van der Waals surface area contributed by atoms with Gasteiger partial charge in [0.1, 0.15) is 17.9 Å². The van der Waals surface area contributed by atoms with E-state index in [0.717, 1.165) is 0 Å². The molecule has 2 unspecified atom stereocenters. The molecule has 0 aliphatic carbocycles. The largest absolute Gasteiger partial charge is 0.343 e. The number of nitrogens with zero attached hydrogens (tertiary/aromatic N) is 1. The van der Waals surface area contributed by atoms with Crippen LogP contribution >= 0.6 is 15.9 Å². The molecule has 0 aromatic heterocycles. The second-order valence-electron chi connectivity index (χ2n) is 4.21. The third kappa shape index (κ3) is 2.12. The van der Waals surface area contributed by atoms with E-state index in [4.69, 9.17) is 0 Å². The Bertz CT molecular complexity index is 521. The lowest BCUT2D eigenvalue weighted by Gasteiger charge is -2.36. The first-order valence-electron chi connectivity index (χ1n) is 5.50. The first-order valence-corrected chi connectivity index (χ1v) is 6.29. The monoisotopic (exact) mass is 314 g/mol. The number of nitrogens with one attached hydrogen (secondary N) is 1. The number of amides is 2. The minimum Gasteiger partial charge on any atom is -0.343 e. The van der Waals surface area contributed by atoms with Crippen LogP contribution < -0.4 is 10.2 Å². The van der Waals surface area contributed by atoms with Crippen molar-refractivity contribution in [3.05, 3.63) is 28.5 Å². The van der Waals surface area contributed by atoms with Crippen molar-refractivity contribution < 1.29 is 14.0 Å². The average molecular weight is 315 g/mol. The molecule has 2 amide bonds. The third-order valence-corrected chi connectivity index (χ3v) is 3.57. The van der Waals surface area contributed by atoms with Gasteiger partial charge in [-0.2, -0.15) is 0 Å². The Balaban J connectivity index is 2.49. The highest BCUT2D eigenvalue weighted by atomic mass is 79.9. The molecule has 1 heterocycles. The van der Waals surface area contributed by atoms with Crippen molar-refractivity contribution >= 4 is 33.4 Å². The van der Waals surface area contributed by atoms with Gasteiger partial charge in [0.25, 0.3) is 0 Å². The molecule has 0 bridgehead atoms. The molecular weight excluding hydrogens is 303 g/mol. The Morgan fingerprint density at radius 1 is 1.33 bits per heavy atom. The number of hydrogen-bond donors (Lipinski definition) is 1. The molecule has 96 valence electrons. The molecule has 0 spiro atoms. The molecule has 1 aromatic carbocycles. The third-order valence-electron chi connectivity index (χ3n) is 2.90. The molecule has 1 aliphatic heterocycles. The summed E-state index contributed by atoms with van der Waals surface area (Å²) in [6, 6.07) is 2.78. The van der Waals surface area contributed by atoms with E-state index in [1.54, 1.807) is 13.8 Å². The number of benzene rings is 1. The second kappa shape index (κ2) is 4.68. The summed E-state index contributed by atoms with van der Waals surface area (Å²) in [7, 11) is 0. The van der Waals surface area contributed by atoms with E-state index in [9.17, 15) is 14.0 Å². The predicted molar refractivity (Wildman–Crippen MR) is 68.7 cm³/mol. The van der Waals surface area contributed by atoms with Crippen LogP contribution in [0.4, 0.5) is 10.1 Å². The van der Waals surface area contributed by atoms with Gasteiger partial charge in [0.2, 0.25) is 11.8 Å². The van der Waals surface area contributed by atoms with E-state index < -0.39 is 17.9 Å². The molecule has 1 N–H and O–H groups in total. The zero-order valence-electron chi connectivity index (χ0n) is 9.91. The van der Waals surface area contributed by atoms with Gasteiger partial charge >= 0.3 is 0 Å². The van der Waals surface area contributed by atoms with Crippen LogP contribution in [0.5, 0.6) is 0 Å². The van der Waals surface area contributed by atoms with Gasteiger partial charge in [0, 0.05) is 4.47 Å². The smallest absolute Gasteiger partial charge is 0.250 e. The minimum absolute atomic E-state index is 0.252. The van der Waals surface area contributed by atoms with Crippen molar-refractivity contribution in [2.24, 2.45) is 0 Å². The normalized spacial score (nSPS) is 24.1. The molecule has 1 aromatic rings. The summed E-state index contributed by atoms with van der Waals surface area (Å²) < 4.78 is 13.9. The highest BCUT2D eigenvalue weighted by Gasteiger charge is 2.37. The van der Waals surface area contributed by atoms with Gasteiger partial charge in [-0.15, -0.1) is 0 Å². The average Bonchev–Trinajstić information content (AvgIpc) is 2.31.